The summed E-state index contributed by atoms with van der Waals surface area (Å²) in [5, 5.41) is 2.13. The Balaban J connectivity index is 1.82. The van der Waals surface area contributed by atoms with E-state index in [-0.39, 0.29) is 0 Å². The zero-order valence-electron chi connectivity index (χ0n) is 17.3. The van der Waals surface area contributed by atoms with Crippen molar-refractivity contribution in [1.29, 1.82) is 0 Å². The van der Waals surface area contributed by atoms with Gasteiger partial charge in [0.1, 0.15) is 6.61 Å². The van der Waals surface area contributed by atoms with Crippen LogP contribution in [-0.2, 0) is 17.7 Å². The van der Waals surface area contributed by atoms with Crippen LogP contribution in [-0.4, -0.2) is 41.7 Å². The highest BCUT2D eigenvalue weighted by Crippen LogP contribution is 2.40. The third kappa shape index (κ3) is 3.44. The van der Waals surface area contributed by atoms with Crippen molar-refractivity contribution >= 4 is 10.8 Å². The van der Waals surface area contributed by atoms with Gasteiger partial charge in [-0.05, 0) is 35.2 Å². The first-order chi connectivity index (χ1) is 14.2. The van der Waals surface area contributed by atoms with Gasteiger partial charge in [-0.3, -0.25) is 0 Å². The summed E-state index contributed by atoms with van der Waals surface area (Å²) in [5.74, 6) is 2.96. The lowest BCUT2D eigenvalue weighted by molar-refractivity contribution is -0.686. The maximum absolute atomic E-state index is 5.86. The predicted octanol–water partition coefficient (Wildman–Crippen LogP) is 3.40. The Morgan fingerprint density at radius 3 is 2.41 bits per heavy atom. The van der Waals surface area contributed by atoms with Gasteiger partial charge >= 0.3 is 0 Å². The molecule has 152 valence electrons. The average molecular weight is 396 g/mol. The Kier molecular flexibility index (Phi) is 5.45. The number of hydrogen-bond donors (Lipinski definition) is 0. The summed E-state index contributed by atoms with van der Waals surface area (Å²) in [5.41, 5.74) is 3.55. The molecule has 2 heterocycles. The number of benzene rings is 2. The zero-order valence-corrected chi connectivity index (χ0v) is 17.3. The summed E-state index contributed by atoms with van der Waals surface area (Å²) < 4.78 is 29.9. The molecule has 0 saturated carbocycles. The molecule has 1 aromatic heterocycles. The van der Waals surface area contributed by atoms with Crippen LogP contribution in [0, 0.1) is 0 Å². The van der Waals surface area contributed by atoms with Crippen LogP contribution in [0.5, 0.6) is 23.0 Å². The van der Waals surface area contributed by atoms with Gasteiger partial charge < -0.3 is 23.7 Å². The fourth-order valence-electron chi connectivity index (χ4n) is 3.89. The van der Waals surface area contributed by atoms with Crippen molar-refractivity contribution < 1.29 is 28.3 Å². The lowest BCUT2D eigenvalue weighted by atomic mass is 9.95. The third-order valence-corrected chi connectivity index (χ3v) is 5.34. The van der Waals surface area contributed by atoms with Crippen LogP contribution in [0.2, 0.25) is 0 Å². The number of aromatic nitrogens is 1. The Morgan fingerprint density at radius 2 is 1.69 bits per heavy atom. The number of rotatable bonds is 7. The number of methoxy groups -OCH3 is 4. The first-order valence-electron chi connectivity index (χ1n) is 9.61. The van der Waals surface area contributed by atoms with Gasteiger partial charge in [0.25, 0.3) is 0 Å². The normalized spacial score (nSPS) is 12.3. The predicted molar refractivity (Wildman–Crippen MR) is 110 cm³/mol. The molecule has 2 aromatic carbocycles. The van der Waals surface area contributed by atoms with Crippen LogP contribution in [0.4, 0.5) is 0 Å². The molecule has 29 heavy (non-hydrogen) atoms. The van der Waals surface area contributed by atoms with Gasteiger partial charge in [0.15, 0.2) is 35.7 Å². The van der Waals surface area contributed by atoms with E-state index < -0.39 is 0 Å². The lowest BCUT2D eigenvalue weighted by Crippen LogP contribution is -2.40. The minimum absolute atomic E-state index is 0.489. The monoisotopic (exact) mass is 396 g/mol. The molecule has 1 aliphatic heterocycles. The van der Waals surface area contributed by atoms with Crippen LogP contribution in [0.25, 0.3) is 22.0 Å². The van der Waals surface area contributed by atoms with Crippen molar-refractivity contribution in [2.75, 3.05) is 41.7 Å². The fourth-order valence-corrected chi connectivity index (χ4v) is 3.89. The van der Waals surface area contributed by atoms with E-state index in [4.69, 9.17) is 23.7 Å². The van der Waals surface area contributed by atoms with E-state index in [0.29, 0.717) is 13.2 Å². The fraction of sp³-hybridized carbons (Fsp3) is 0.348. The molecule has 0 spiro atoms. The Morgan fingerprint density at radius 1 is 0.862 bits per heavy atom. The van der Waals surface area contributed by atoms with Crippen LogP contribution in [0.1, 0.15) is 5.56 Å². The first-order valence-corrected chi connectivity index (χ1v) is 9.61. The molecule has 0 radical (unpaired) electrons. The molecule has 0 unspecified atom stereocenters. The van der Waals surface area contributed by atoms with E-state index in [0.717, 1.165) is 58.0 Å². The van der Waals surface area contributed by atoms with E-state index >= 15 is 0 Å². The summed E-state index contributed by atoms with van der Waals surface area (Å²) in [4.78, 5) is 0. The lowest BCUT2D eigenvalue weighted by Gasteiger charge is -2.19. The zero-order chi connectivity index (χ0) is 20.4. The van der Waals surface area contributed by atoms with E-state index in [1.807, 2.05) is 6.07 Å². The first kappa shape index (κ1) is 19.3. The molecule has 0 amide bonds. The number of ether oxygens (including phenoxy) is 5. The molecule has 0 N–H and O–H groups in total. The number of aryl methyl sites for hydroxylation is 2. The van der Waals surface area contributed by atoms with E-state index in [2.05, 4.69) is 35.0 Å². The molecule has 3 aromatic rings. The molecule has 0 atom stereocenters. The quantitative estimate of drug-likeness (QED) is 0.453. The third-order valence-electron chi connectivity index (χ3n) is 5.34. The molecule has 6 nitrogen and oxygen atoms in total. The Bertz CT molecular complexity index is 1050. The van der Waals surface area contributed by atoms with E-state index in [1.54, 1.807) is 28.4 Å². The highest BCUT2D eigenvalue weighted by Gasteiger charge is 2.27. The van der Waals surface area contributed by atoms with Gasteiger partial charge in [-0.2, -0.15) is 4.57 Å². The van der Waals surface area contributed by atoms with Crippen LogP contribution in [0.3, 0.4) is 0 Å². The van der Waals surface area contributed by atoms with Crippen molar-refractivity contribution in [3.05, 3.63) is 42.1 Å². The van der Waals surface area contributed by atoms with Crippen molar-refractivity contribution in [2.45, 2.75) is 13.0 Å². The Labute approximate surface area is 170 Å². The van der Waals surface area contributed by atoms with Gasteiger partial charge in [0.05, 0.1) is 38.9 Å². The van der Waals surface area contributed by atoms with Gasteiger partial charge in [-0.15, -0.1) is 0 Å². The minimum Gasteiger partial charge on any atom is -0.493 e. The minimum atomic E-state index is 0.489. The maximum atomic E-state index is 5.86. The van der Waals surface area contributed by atoms with Crippen LogP contribution >= 0.6 is 0 Å². The number of nitrogens with zero attached hydrogens (tertiary/aromatic N) is 1. The molecular weight excluding hydrogens is 370 g/mol. The summed E-state index contributed by atoms with van der Waals surface area (Å²) in [6, 6.07) is 10.3. The van der Waals surface area contributed by atoms with Crippen molar-refractivity contribution in [3.8, 4) is 34.3 Å². The summed E-state index contributed by atoms with van der Waals surface area (Å²) in [6.07, 6.45) is 3.06. The number of fused-ring (bicyclic) bond motifs is 4. The number of pyridine rings is 1. The summed E-state index contributed by atoms with van der Waals surface area (Å²) in [6.45, 7) is 1.90. The molecule has 0 fully saturated rings. The van der Waals surface area contributed by atoms with Gasteiger partial charge in [0.2, 0.25) is 5.69 Å². The average Bonchev–Trinajstić information content (AvgIpc) is 2.76. The highest BCUT2D eigenvalue weighted by atomic mass is 16.5. The van der Waals surface area contributed by atoms with Gasteiger partial charge in [0, 0.05) is 19.6 Å². The van der Waals surface area contributed by atoms with Crippen molar-refractivity contribution in [1.82, 2.24) is 0 Å². The SMILES string of the molecule is COCCOc1cc2c(cc1OC)-c1cc3ccc(OC)c(OC)c3c[n+]1CC2. The largest absolute Gasteiger partial charge is 0.493 e. The molecule has 1 aliphatic rings. The molecule has 0 bridgehead atoms. The molecule has 0 aliphatic carbocycles. The van der Waals surface area contributed by atoms with E-state index in [1.165, 1.54) is 5.56 Å². The standard InChI is InChI=1S/C23H26NO5/c1-25-9-10-29-22-12-16-7-8-24-14-18-15(5-6-20(26-2)23(18)28-4)11-19(24)17(16)13-21(22)27-3/h5-6,11-14H,7-10H2,1-4H3/q+1. The maximum Gasteiger partial charge on any atom is 0.213 e. The molecule has 6 heteroatoms. The number of hydrogen-bond acceptors (Lipinski definition) is 5. The van der Waals surface area contributed by atoms with Crippen molar-refractivity contribution in [3.63, 3.8) is 0 Å². The highest BCUT2D eigenvalue weighted by molar-refractivity contribution is 5.91. The van der Waals surface area contributed by atoms with Crippen LogP contribution in [0.15, 0.2) is 36.5 Å². The van der Waals surface area contributed by atoms with E-state index in [9.17, 15) is 0 Å². The summed E-state index contributed by atoms with van der Waals surface area (Å²) >= 11 is 0. The van der Waals surface area contributed by atoms with Crippen molar-refractivity contribution in [2.24, 2.45) is 0 Å². The second kappa shape index (κ2) is 8.17. The molecular formula is C23H26NO5+. The topological polar surface area (TPSA) is 50.0 Å². The van der Waals surface area contributed by atoms with Crippen LogP contribution < -0.4 is 23.5 Å². The Hall–Kier alpha value is -2.99. The molecule has 0 saturated heterocycles. The molecule has 4 rings (SSSR count). The smallest absolute Gasteiger partial charge is 0.213 e. The second-order valence-electron chi connectivity index (χ2n) is 6.91. The van der Waals surface area contributed by atoms with Gasteiger partial charge in [-0.25, -0.2) is 0 Å². The second-order valence-corrected chi connectivity index (χ2v) is 6.91. The summed E-state index contributed by atoms with van der Waals surface area (Å²) in [7, 11) is 6.66. The van der Waals surface area contributed by atoms with Gasteiger partial charge in [-0.1, -0.05) is 0 Å².